The van der Waals surface area contributed by atoms with E-state index in [0.29, 0.717) is 5.82 Å². The molecule has 0 fully saturated rings. The number of carboxylic acids is 1. The molecule has 5 nitrogen and oxygen atoms in total. The molecule has 1 rings (SSSR count). The summed E-state index contributed by atoms with van der Waals surface area (Å²) >= 11 is 0. The molecule has 17 heavy (non-hydrogen) atoms. The van der Waals surface area contributed by atoms with Crippen molar-refractivity contribution < 1.29 is 9.90 Å². The molecule has 3 N–H and O–H groups in total. The molecular formula is C12H19N3O2. The molecule has 0 aromatic carbocycles. The maximum Gasteiger partial charge on any atom is 0.337 e. The van der Waals surface area contributed by atoms with E-state index in [4.69, 9.17) is 10.8 Å². The Balaban J connectivity index is 3.10. The summed E-state index contributed by atoms with van der Waals surface area (Å²) in [6.07, 6.45) is 3.43. The monoisotopic (exact) mass is 237 g/mol. The van der Waals surface area contributed by atoms with E-state index >= 15 is 0 Å². The Hall–Kier alpha value is -1.78. The highest BCUT2D eigenvalue weighted by Crippen LogP contribution is 2.24. The van der Waals surface area contributed by atoms with Crippen molar-refractivity contribution >= 4 is 17.5 Å². The molecule has 0 unspecified atom stereocenters. The lowest BCUT2D eigenvalue weighted by atomic mass is 10.2. The average molecular weight is 237 g/mol. The summed E-state index contributed by atoms with van der Waals surface area (Å²) in [4.78, 5) is 17.2. The number of rotatable bonds is 6. The third-order valence-corrected chi connectivity index (χ3v) is 2.49. The van der Waals surface area contributed by atoms with Gasteiger partial charge >= 0.3 is 5.97 Å². The smallest absolute Gasteiger partial charge is 0.337 e. The number of anilines is 2. The maximum absolute atomic E-state index is 11.0. The molecule has 0 saturated carbocycles. The highest BCUT2D eigenvalue weighted by atomic mass is 16.4. The van der Waals surface area contributed by atoms with E-state index in [-0.39, 0.29) is 11.3 Å². The van der Waals surface area contributed by atoms with Crippen LogP contribution < -0.4 is 10.6 Å². The highest BCUT2D eigenvalue weighted by molar-refractivity contribution is 5.96. The lowest BCUT2D eigenvalue weighted by Gasteiger charge is -2.24. The fourth-order valence-electron chi connectivity index (χ4n) is 1.76. The number of carbonyl (C=O) groups is 1. The summed E-state index contributed by atoms with van der Waals surface area (Å²) in [5.74, 6) is -0.437. The van der Waals surface area contributed by atoms with Crippen molar-refractivity contribution in [3.63, 3.8) is 0 Å². The molecule has 1 heterocycles. The summed E-state index contributed by atoms with van der Waals surface area (Å²) in [5, 5.41) is 9.01. The van der Waals surface area contributed by atoms with Gasteiger partial charge in [0, 0.05) is 19.3 Å². The molecule has 0 aliphatic heterocycles. The summed E-state index contributed by atoms with van der Waals surface area (Å²) in [6.45, 7) is 5.79. The van der Waals surface area contributed by atoms with E-state index in [0.717, 1.165) is 25.9 Å². The van der Waals surface area contributed by atoms with Gasteiger partial charge in [-0.2, -0.15) is 0 Å². The van der Waals surface area contributed by atoms with E-state index in [9.17, 15) is 4.79 Å². The van der Waals surface area contributed by atoms with Crippen LogP contribution in [0.5, 0.6) is 0 Å². The number of nitrogens with two attached hydrogens (primary N) is 1. The maximum atomic E-state index is 11.0. The van der Waals surface area contributed by atoms with Crippen molar-refractivity contribution in [2.24, 2.45) is 0 Å². The van der Waals surface area contributed by atoms with Gasteiger partial charge < -0.3 is 15.7 Å². The lowest BCUT2D eigenvalue weighted by molar-refractivity contribution is 0.0698. The molecular weight excluding hydrogens is 218 g/mol. The summed E-state index contributed by atoms with van der Waals surface area (Å²) in [5.41, 5.74) is 6.23. The number of aromatic nitrogens is 1. The molecule has 0 saturated heterocycles. The second-order valence-electron chi connectivity index (χ2n) is 3.89. The number of hydrogen-bond donors (Lipinski definition) is 2. The summed E-state index contributed by atoms with van der Waals surface area (Å²) in [7, 11) is 0. The Morgan fingerprint density at radius 2 is 2.00 bits per heavy atom. The van der Waals surface area contributed by atoms with Crippen molar-refractivity contribution in [3.8, 4) is 0 Å². The van der Waals surface area contributed by atoms with Crippen molar-refractivity contribution in [3.05, 3.63) is 17.8 Å². The van der Waals surface area contributed by atoms with Crippen LogP contribution in [0.15, 0.2) is 12.3 Å². The van der Waals surface area contributed by atoms with Gasteiger partial charge in [0.1, 0.15) is 0 Å². The molecule has 5 heteroatoms. The van der Waals surface area contributed by atoms with Crippen molar-refractivity contribution in [1.29, 1.82) is 0 Å². The Morgan fingerprint density at radius 1 is 1.41 bits per heavy atom. The van der Waals surface area contributed by atoms with Crippen molar-refractivity contribution in [1.82, 2.24) is 4.98 Å². The largest absolute Gasteiger partial charge is 0.478 e. The van der Waals surface area contributed by atoms with Gasteiger partial charge in [-0.05, 0) is 18.9 Å². The Bertz CT molecular complexity index is 387. The predicted octanol–water partition coefficient (Wildman–Crippen LogP) is 1.99. The van der Waals surface area contributed by atoms with Gasteiger partial charge in [0.25, 0.3) is 0 Å². The topological polar surface area (TPSA) is 79.5 Å². The minimum atomic E-state index is -1.01. The molecule has 0 aliphatic carbocycles. The van der Waals surface area contributed by atoms with Gasteiger partial charge in [-0.15, -0.1) is 0 Å². The Kier molecular flexibility index (Phi) is 4.75. The van der Waals surface area contributed by atoms with Crippen molar-refractivity contribution in [2.75, 3.05) is 23.7 Å². The van der Waals surface area contributed by atoms with Gasteiger partial charge in [-0.25, -0.2) is 9.78 Å². The fraction of sp³-hybridized carbons (Fsp3) is 0.500. The Labute approximate surface area is 101 Å². The summed E-state index contributed by atoms with van der Waals surface area (Å²) < 4.78 is 0. The third kappa shape index (κ3) is 3.09. The second kappa shape index (κ2) is 6.08. The first kappa shape index (κ1) is 13.3. The Morgan fingerprint density at radius 3 is 2.47 bits per heavy atom. The van der Waals surface area contributed by atoms with E-state index in [1.54, 1.807) is 0 Å². The van der Waals surface area contributed by atoms with E-state index < -0.39 is 5.97 Å². The van der Waals surface area contributed by atoms with Crippen LogP contribution in [0.1, 0.15) is 37.0 Å². The first-order chi connectivity index (χ1) is 8.11. The third-order valence-electron chi connectivity index (χ3n) is 2.49. The van der Waals surface area contributed by atoms with Crippen LogP contribution in [-0.4, -0.2) is 29.1 Å². The van der Waals surface area contributed by atoms with Gasteiger partial charge in [-0.3, -0.25) is 0 Å². The van der Waals surface area contributed by atoms with Crippen LogP contribution in [0.2, 0.25) is 0 Å². The number of hydrogen-bond acceptors (Lipinski definition) is 4. The number of aromatic carboxylic acids is 1. The molecule has 94 valence electrons. The lowest BCUT2D eigenvalue weighted by Crippen LogP contribution is -2.27. The van der Waals surface area contributed by atoms with Gasteiger partial charge in [0.2, 0.25) is 0 Å². The SMILES string of the molecule is CCCN(CCC)c1nccc(C(=O)O)c1N. The highest BCUT2D eigenvalue weighted by Gasteiger charge is 2.16. The molecule has 0 bridgehead atoms. The van der Waals surface area contributed by atoms with Crippen LogP contribution >= 0.6 is 0 Å². The zero-order valence-electron chi connectivity index (χ0n) is 10.3. The first-order valence-electron chi connectivity index (χ1n) is 5.84. The molecule has 1 aromatic rings. The number of nitrogen functional groups attached to an aromatic ring is 1. The van der Waals surface area contributed by atoms with E-state index in [2.05, 4.69) is 18.8 Å². The van der Waals surface area contributed by atoms with Gasteiger partial charge in [-0.1, -0.05) is 13.8 Å². The van der Waals surface area contributed by atoms with E-state index in [1.807, 2.05) is 4.90 Å². The minimum Gasteiger partial charge on any atom is -0.478 e. The molecule has 0 radical (unpaired) electrons. The average Bonchev–Trinajstić information content (AvgIpc) is 2.29. The minimum absolute atomic E-state index is 0.118. The van der Waals surface area contributed by atoms with Crippen LogP contribution in [0.25, 0.3) is 0 Å². The fourth-order valence-corrected chi connectivity index (χ4v) is 1.76. The molecule has 0 atom stereocenters. The predicted molar refractivity (Wildman–Crippen MR) is 68.4 cm³/mol. The zero-order chi connectivity index (χ0) is 12.8. The molecule has 0 spiro atoms. The van der Waals surface area contributed by atoms with E-state index in [1.165, 1.54) is 12.3 Å². The van der Waals surface area contributed by atoms with Crippen molar-refractivity contribution in [2.45, 2.75) is 26.7 Å². The quantitative estimate of drug-likeness (QED) is 0.791. The summed E-state index contributed by atoms with van der Waals surface area (Å²) in [6, 6.07) is 1.43. The molecule has 1 aromatic heterocycles. The number of carboxylic acid groups (broad SMARTS) is 1. The van der Waals surface area contributed by atoms with Crippen LogP contribution in [0.4, 0.5) is 11.5 Å². The van der Waals surface area contributed by atoms with Gasteiger partial charge in [0.15, 0.2) is 5.82 Å². The molecule has 0 amide bonds. The van der Waals surface area contributed by atoms with Crippen LogP contribution in [0.3, 0.4) is 0 Å². The second-order valence-corrected chi connectivity index (χ2v) is 3.89. The standard InChI is InChI=1S/C12H19N3O2/c1-3-7-15(8-4-2)11-10(13)9(12(16)17)5-6-14-11/h5-6H,3-4,7-8,13H2,1-2H3,(H,16,17). The zero-order valence-corrected chi connectivity index (χ0v) is 10.3. The van der Waals surface area contributed by atoms with Crippen LogP contribution in [-0.2, 0) is 0 Å². The number of pyridine rings is 1. The van der Waals surface area contributed by atoms with Crippen LogP contribution in [0, 0.1) is 0 Å². The normalized spacial score (nSPS) is 10.2. The molecule has 0 aliphatic rings. The first-order valence-corrected chi connectivity index (χ1v) is 5.84. The number of nitrogens with zero attached hydrogens (tertiary/aromatic N) is 2. The van der Waals surface area contributed by atoms with Gasteiger partial charge in [0.05, 0.1) is 11.3 Å².